The SMILES string of the molecule is Cc1ccc(Cl)cc1N1CCN(S(=O)(=O)c2ccc(F)c(C(=O)[O-])c2)CC1. The number of rotatable bonds is 4. The van der Waals surface area contributed by atoms with Gasteiger partial charge in [0.05, 0.1) is 10.9 Å². The number of aromatic carboxylic acids is 1. The molecule has 0 aliphatic carbocycles. The Morgan fingerprint density at radius 2 is 1.78 bits per heavy atom. The summed E-state index contributed by atoms with van der Waals surface area (Å²) in [7, 11) is -3.94. The minimum atomic E-state index is -3.94. The van der Waals surface area contributed by atoms with Gasteiger partial charge in [-0.1, -0.05) is 17.7 Å². The third-order valence-electron chi connectivity index (χ3n) is 4.55. The van der Waals surface area contributed by atoms with E-state index >= 15 is 0 Å². The van der Waals surface area contributed by atoms with Gasteiger partial charge in [-0.25, -0.2) is 12.8 Å². The second-order valence-electron chi connectivity index (χ2n) is 6.25. The Bertz CT molecular complexity index is 989. The van der Waals surface area contributed by atoms with Gasteiger partial charge in [-0.3, -0.25) is 0 Å². The van der Waals surface area contributed by atoms with E-state index in [9.17, 15) is 22.7 Å². The maximum atomic E-state index is 13.5. The second-order valence-corrected chi connectivity index (χ2v) is 8.63. The number of aryl methyl sites for hydroxylation is 1. The average molecular weight is 412 g/mol. The summed E-state index contributed by atoms with van der Waals surface area (Å²) < 4.78 is 40.3. The van der Waals surface area contributed by atoms with Crippen LogP contribution in [0.15, 0.2) is 41.3 Å². The number of hydrogen-bond acceptors (Lipinski definition) is 5. The Morgan fingerprint density at radius 1 is 1.11 bits per heavy atom. The van der Waals surface area contributed by atoms with Gasteiger partial charge >= 0.3 is 0 Å². The standard InChI is InChI=1S/C18H18ClFN2O4S/c1-12-2-3-13(19)10-17(12)21-6-8-22(9-7-21)27(25,26)14-4-5-16(20)15(11-14)18(23)24/h2-5,10-11H,6-9H2,1H3,(H,23,24)/p-1. The van der Waals surface area contributed by atoms with E-state index in [4.69, 9.17) is 11.6 Å². The van der Waals surface area contributed by atoms with E-state index in [-0.39, 0.29) is 18.0 Å². The number of halogens is 2. The van der Waals surface area contributed by atoms with Crippen molar-refractivity contribution in [2.75, 3.05) is 31.1 Å². The fraction of sp³-hybridized carbons (Fsp3) is 0.278. The van der Waals surface area contributed by atoms with Crippen molar-refractivity contribution in [1.29, 1.82) is 0 Å². The molecular weight excluding hydrogens is 395 g/mol. The molecule has 0 spiro atoms. The zero-order chi connectivity index (χ0) is 19.8. The maximum absolute atomic E-state index is 13.5. The first-order valence-corrected chi connectivity index (χ1v) is 10.0. The van der Waals surface area contributed by atoms with Gasteiger partial charge in [0.25, 0.3) is 0 Å². The number of carbonyl (C=O) groups is 1. The van der Waals surface area contributed by atoms with Crippen LogP contribution in [0.5, 0.6) is 0 Å². The molecule has 3 rings (SSSR count). The van der Waals surface area contributed by atoms with Crippen molar-refractivity contribution >= 4 is 33.3 Å². The van der Waals surface area contributed by atoms with Crippen molar-refractivity contribution in [3.8, 4) is 0 Å². The number of benzene rings is 2. The Morgan fingerprint density at radius 3 is 2.41 bits per heavy atom. The van der Waals surface area contributed by atoms with Crippen LogP contribution in [0.1, 0.15) is 15.9 Å². The number of piperazine rings is 1. The second kappa shape index (κ2) is 7.46. The van der Waals surface area contributed by atoms with Crippen LogP contribution in [0.4, 0.5) is 10.1 Å². The topological polar surface area (TPSA) is 80.8 Å². The summed E-state index contributed by atoms with van der Waals surface area (Å²) in [6.45, 7) is 3.29. The summed E-state index contributed by atoms with van der Waals surface area (Å²) in [4.78, 5) is 12.7. The smallest absolute Gasteiger partial charge is 0.243 e. The molecule has 9 heteroatoms. The Balaban J connectivity index is 1.80. The summed E-state index contributed by atoms with van der Waals surface area (Å²) in [5, 5.41) is 11.6. The highest BCUT2D eigenvalue weighted by molar-refractivity contribution is 7.89. The third kappa shape index (κ3) is 3.92. The number of nitrogens with zero attached hydrogens (tertiary/aromatic N) is 2. The first-order valence-electron chi connectivity index (χ1n) is 8.22. The first-order chi connectivity index (χ1) is 12.7. The van der Waals surface area contributed by atoms with Gasteiger partial charge < -0.3 is 14.8 Å². The molecule has 2 aromatic carbocycles. The summed E-state index contributed by atoms with van der Waals surface area (Å²) in [5.74, 6) is -2.79. The van der Waals surface area contributed by atoms with Crippen LogP contribution >= 0.6 is 11.6 Å². The Labute approximate surface area is 161 Å². The molecule has 0 amide bonds. The van der Waals surface area contributed by atoms with E-state index in [1.54, 1.807) is 6.07 Å². The van der Waals surface area contributed by atoms with E-state index in [1.165, 1.54) is 4.31 Å². The number of carboxylic acid groups (broad SMARTS) is 1. The Kier molecular flexibility index (Phi) is 5.41. The zero-order valence-corrected chi connectivity index (χ0v) is 16.1. The van der Waals surface area contributed by atoms with Crippen molar-refractivity contribution < 1.29 is 22.7 Å². The monoisotopic (exact) mass is 411 g/mol. The van der Waals surface area contributed by atoms with Gasteiger partial charge in [-0.2, -0.15) is 4.31 Å². The van der Waals surface area contributed by atoms with Gasteiger partial charge in [0.1, 0.15) is 5.82 Å². The molecule has 1 aliphatic heterocycles. The van der Waals surface area contributed by atoms with Crippen molar-refractivity contribution in [3.63, 3.8) is 0 Å². The third-order valence-corrected chi connectivity index (χ3v) is 6.68. The molecule has 0 radical (unpaired) electrons. The highest BCUT2D eigenvalue weighted by atomic mass is 35.5. The van der Waals surface area contributed by atoms with Crippen molar-refractivity contribution in [3.05, 3.63) is 58.4 Å². The molecule has 6 nitrogen and oxygen atoms in total. The highest BCUT2D eigenvalue weighted by Gasteiger charge is 2.29. The van der Waals surface area contributed by atoms with Crippen LogP contribution in [0.3, 0.4) is 0 Å². The molecule has 0 unspecified atom stereocenters. The van der Waals surface area contributed by atoms with Crippen LogP contribution in [0.2, 0.25) is 5.02 Å². The van der Waals surface area contributed by atoms with E-state index in [1.807, 2.05) is 24.0 Å². The van der Waals surface area contributed by atoms with E-state index in [0.717, 1.165) is 29.4 Å². The number of anilines is 1. The molecule has 0 bridgehead atoms. The largest absolute Gasteiger partial charge is 0.545 e. The Hall–Kier alpha value is -2.16. The molecule has 0 atom stereocenters. The number of carbonyl (C=O) groups excluding carboxylic acids is 1. The molecule has 1 saturated heterocycles. The van der Waals surface area contributed by atoms with Crippen LogP contribution < -0.4 is 10.0 Å². The van der Waals surface area contributed by atoms with Gasteiger partial charge in [0.15, 0.2) is 0 Å². The van der Waals surface area contributed by atoms with Gasteiger partial charge in [0, 0.05) is 42.5 Å². The molecule has 1 aliphatic rings. The molecule has 27 heavy (non-hydrogen) atoms. The van der Waals surface area contributed by atoms with Gasteiger partial charge in [-0.05, 0) is 42.8 Å². The van der Waals surface area contributed by atoms with E-state index < -0.39 is 27.4 Å². The average Bonchev–Trinajstić information content (AvgIpc) is 2.64. The zero-order valence-electron chi connectivity index (χ0n) is 14.5. The van der Waals surface area contributed by atoms with Crippen LogP contribution in [0, 0.1) is 12.7 Å². The summed E-state index contributed by atoms with van der Waals surface area (Å²) >= 11 is 6.05. The minimum Gasteiger partial charge on any atom is -0.545 e. The quantitative estimate of drug-likeness (QED) is 0.764. The molecule has 0 saturated carbocycles. The van der Waals surface area contributed by atoms with Crippen molar-refractivity contribution in [2.45, 2.75) is 11.8 Å². The number of hydrogen-bond donors (Lipinski definition) is 0. The lowest BCUT2D eigenvalue weighted by Gasteiger charge is -2.36. The fourth-order valence-electron chi connectivity index (χ4n) is 3.06. The van der Waals surface area contributed by atoms with Crippen LogP contribution in [0.25, 0.3) is 0 Å². The van der Waals surface area contributed by atoms with Crippen LogP contribution in [-0.2, 0) is 10.0 Å². The summed E-state index contributed by atoms with van der Waals surface area (Å²) in [5.41, 5.74) is 1.21. The number of sulfonamides is 1. The van der Waals surface area contributed by atoms with Gasteiger partial charge in [-0.15, -0.1) is 0 Å². The molecule has 0 aromatic heterocycles. The molecule has 2 aromatic rings. The maximum Gasteiger partial charge on any atom is 0.243 e. The fourth-order valence-corrected chi connectivity index (χ4v) is 4.68. The molecule has 144 valence electrons. The molecule has 1 fully saturated rings. The van der Waals surface area contributed by atoms with Crippen LogP contribution in [-0.4, -0.2) is 44.9 Å². The highest BCUT2D eigenvalue weighted by Crippen LogP contribution is 2.27. The minimum absolute atomic E-state index is 0.215. The first kappa shape index (κ1) is 19.6. The molecular formula is C18H17ClFN2O4S-. The summed E-state index contributed by atoms with van der Waals surface area (Å²) in [6, 6.07) is 8.22. The predicted molar refractivity (Wildman–Crippen MR) is 97.9 cm³/mol. The predicted octanol–water partition coefficient (Wildman–Crippen LogP) is 1.66. The lowest BCUT2D eigenvalue weighted by atomic mass is 10.1. The lowest BCUT2D eigenvalue weighted by molar-refractivity contribution is -0.255. The van der Waals surface area contributed by atoms with Crippen molar-refractivity contribution in [2.24, 2.45) is 0 Å². The van der Waals surface area contributed by atoms with E-state index in [2.05, 4.69) is 0 Å². The normalized spacial score (nSPS) is 15.7. The molecule has 0 N–H and O–H groups in total. The van der Waals surface area contributed by atoms with Gasteiger partial charge in [0.2, 0.25) is 10.0 Å². The molecule has 1 heterocycles. The number of carboxylic acids is 1. The van der Waals surface area contributed by atoms with Crippen molar-refractivity contribution in [1.82, 2.24) is 4.31 Å². The van der Waals surface area contributed by atoms with E-state index in [0.29, 0.717) is 18.1 Å². The lowest BCUT2D eigenvalue weighted by Crippen LogP contribution is -2.48. The summed E-state index contributed by atoms with van der Waals surface area (Å²) in [6.07, 6.45) is 0.